The number of aromatic nitrogens is 7. The van der Waals surface area contributed by atoms with E-state index in [1.54, 1.807) is 23.1 Å². The lowest BCUT2D eigenvalue weighted by Crippen LogP contribution is -2.06. The molecule has 0 spiro atoms. The van der Waals surface area contributed by atoms with Crippen molar-refractivity contribution in [2.24, 2.45) is 0 Å². The predicted molar refractivity (Wildman–Crippen MR) is 93.1 cm³/mol. The molecule has 3 aromatic heterocycles. The summed E-state index contributed by atoms with van der Waals surface area (Å²) in [6, 6.07) is 4.80. The van der Waals surface area contributed by atoms with Crippen LogP contribution in [0.2, 0.25) is 0 Å². The molecule has 0 amide bonds. The van der Waals surface area contributed by atoms with E-state index >= 15 is 0 Å². The van der Waals surface area contributed by atoms with E-state index in [1.807, 2.05) is 4.68 Å². The molecule has 1 saturated carbocycles. The molecule has 0 bridgehead atoms. The van der Waals surface area contributed by atoms with E-state index in [4.69, 9.17) is 0 Å². The summed E-state index contributed by atoms with van der Waals surface area (Å²) in [6.45, 7) is 2.97. The Labute approximate surface area is 148 Å². The second kappa shape index (κ2) is 7.02. The zero-order valence-corrected chi connectivity index (χ0v) is 15.1. The van der Waals surface area contributed by atoms with Gasteiger partial charge in [-0.3, -0.25) is 0 Å². The molecule has 0 radical (unpaired) electrons. The molecule has 1 aliphatic carbocycles. The largest absolute Gasteiger partial charge is 0.303 e. The van der Waals surface area contributed by atoms with Crippen LogP contribution in [0.25, 0.3) is 0 Å². The molecule has 3 heterocycles. The molecule has 1 aliphatic rings. The minimum Gasteiger partial charge on any atom is -0.303 e. The lowest BCUT2D eigenvalue weighted by atomic mass is 10.3. The average Bonchev–Trinajstić information content (AvgIpc) is 3.00. The fourth-order valence-corrected chi connectivity index (χ4v) is 4.29. The first kappa shape index (κ1) is 15.8. The lowest BCUT2D eigenvalue weighted by molar-refractivity contribution is 0.564. The maximum Gasteiger partial charge on any atom is 0.191 e. The number of tetrazole rings is 1. The number of nitrogens with zero attached hydrogens (tertiary/aromatic N) is 7. The third kappa shape index (κ3) is 3.36. The number of thiophene rings is 1. The Kier molecular flexibility index (Phi) is 4.61. The second-order valence-corrected chi connectivity index (χ2v) is 7.84. The summed E-state index contributed by atoms with van der Waals surface area (Å²) in [5, 5.41) is 23.9. The Morgan fingerprint density at radius 1 is 1.25 bits per heavy atom. The van der Waals surface area contributed by atoms with Crippen molar-refractivity contribution >= 4 is 23.1 Å². The highest BCUT2D eigenvalue weighted by atomic mass is 32.2. The second-order valence-electron chi connectivity index (χ2n) is 5.86. The molecule has 0 atom stereocenters. The van der Waals surface area contributed by atoms with Gasteiger partial charge in [0.2, 0.25) is 0 Å². The Morgan fingerprint density at radius 2 is 2.17 bits per heavy atom. The molecular weight excluding hydrogens is 342 g/mol. The Hall–Kier alpha value is -1.74. The molecule has 4 rings (SSSR count). The maximum atomic E-state index is 4.45. The topological polar surface area (TPSA) is 74.3 Å². The molecule has 1 fully saturated rings. The Morgan fingerprint density at radius 3 is 2.92 bits per heavy atom. The van der Waals surface area contributed by atoms with Gasteiger partial charge in [0.15, 0.2) is 11.0 Å². The molecule has 0 saturated heterocycles. The van der Waals surface area contributed by atoms with Gasteiger partial charge in [-0.05, 0) is 41.1 Å². The highest BCUT2D eigenvalue weighted by Gasteiger charge is 2.29. The van der Waals surface area contributed by atoms with E-state index in [9.17, 15) is 0 Å². The lowest BCUT2D eigenvalue weighted by Gasteiger charge is -2.08. The van der Waals surface area contributed by atoms with Crippen molar-refractivity contribution in [2.45, 2.75) is 56.1 Å². The van der Waals surface area contributed by atoms with Crippen LogP contribution < -0.4 is 0 Å². The van der Waals surface area contributed by atoms with Crippen LogP contribution in [-0.2, 0) is 18.7 Å². The third-order valence-corrected chi connectivity index (χ3v) is 5.75. The Bertz CT molecular complexity index is 789. The van der Waals surface area contributed by atoms with Gasteiger partial charge in [-0.25, -0.2) is 4.68 Å². The first-order valence-electron chi connectivity index (χ1n) is 8.19. The molecule has 7 nitrogen and oxygen atoms in total. The highest BCUT2D eigenvalue weighted by Crippen LogP contribution is 2.39. The van der Waals surface area contributed by atoms with Crippen molar-refractivity contribution in [1.29, 1.82) is 0 Å². The predicted octanol–water partition coefficient (Wildman–Crippen LogP) is 2.95. The van der Waals surface area contributed by atoms with Crippen LogP contribution in [0.4, 0.5) is 0 Å². The summed E-state index contributed by atoms with van der Waals surface area (Å²) in [4.78, 5) is 1.33. The maximum absolute atomic E-state index is 4.45. The molecule has 9 heteroatoms. The van der Waals surface area contributed by atoms with Crippen molar-refractivity contribution in [1.82, 2.24) is 35.0 Å². The molecule has 24 heavy (non-hydrogen) atoms. The molecule has 0 N–H and O–H groups in total. The number of rotatable bonds is 8. The summed E-state index contributed by atoms with van der Waals surface area (Å²) in [5.74, 6) is 2.68. The molecule has 0 unspecified atom stereocenters. The molecule has 0 aliphatic heterocycles. The SMILES string of the molecule is CCCn1nnnc1CSc1nnc(Cc2cccs2)n1C1CC1. The van der Waals surface area contributed by atoms with Gasteiger partial charge in [0, 0.05) is 23.9 Å². The van der Waals surface area contributed by atoms with E-state index < -0.39 is 0 Å². The van der Waals surface area contributed by atoms with Crippen LogP contribution in [0.1, 0.15) is 48.8 Å². The van der Waals surface area contributed by atoms with Crippen molar-refractivity contribution in [3.05, 3.63) is 34.0 Å². The van der Waals surface area contributed by atoms with Gasteiger partial charge in [0.1, 0.15) is 5.82 Å². The van der Waals surface area contributed by atoms with E-state index in [2.05, 4.69) is 54.7 Å². The Balaban J connectivity index is 1.50. The number of aryl methyl sites for hydroxylation is 1. The number of hydrogen-bond donors (Lipinski definition) is 0. The van der Waals surface area contributed by atoms with Gasteiger partial charge in [0.25, 0.3) is 0 Å². The van der Waals surface area contributed by atoms with Gasteiger partial charge in [-0.15, -0.1) is 26.6 Å². The van der Waals surface area contributed by atoms with Crippen LogP contribution in [-0.4, -0.2) is 35.0 Å². The third-order valence-electron chi connectivity index (χ3n) is 3.93. The van der Waals surface area contributed by atoms with Crippen LogP contribution in [0, 0.1) is 0 Å². The minimum atomic E-state index is 0.559. The standard InChI is InChI=1S/C15H19N7S2/c1-2-7-21-14(17-19-20-21)10-24-15-18-16-13(22(15)11-5-6-11)9-12-4-3-8-23-12/h3-4,8,11H,2,5-7,9-10H2,1H3. The summed E-state index contributed by atoms with van der Waals surface area (Å²) < 4.78 is 4.19. The zero-order valence-electron chi connectivity index (χ0n) is 13.5. The van der Waals surface area contributed by atoms with Gasteiger partial charge in [0.05, 0.1) is 5.75 Å². The molecule has 0 aromatic carbocycles. The van der Waals surface area contributed by atoms with Gasteiger partial charge in [-0.1, -0.05) is 24.8 Å². The van der Waals surface area contributed by atoms with E-state index in [0.29, 0.717) is 6.04 Å². The van der Waals surface area contributed by atoms with Crippen molar-refractivity contribution in [3.8, 4) is 0 Å². The summed E-state index contributed by atoms with van der Waals surface area (Å²) in [7, 11) is 0. The van der Waals surface area contributed by atoms with Crippen LogP contribution >= 0.6 is 23.1 Å². The first-order valence-corrected chi connectivity index (χ1v) is 10.1. The quantitative estimate of drug-likeness (QED) is 0.574. The summed E-state index contributed by atoms with van der Waals surface area (Å²) >= 11 is 3.44. The summed E-state index contributed by atoms with van der Waals surface area (Å²) in [6.07, 6.45) is 4.31. The van der Waals surface area contributed by atoms with Gasteiger partial charge in [-0.2, -0.15) is 0 Å². The van der Waals surface area contributed by atoms with Crippen molar-refractivity contribution in [2.75, 3.05) is 0 Å². The van der Waals surface area contributed by atoms with Crippen molar-refractivity contribution < 1.29 is 0 Å². The molecular formula is C15H19N7S2. The van der Waals surface area contributed by atoms with Crippen LogP contribution in [0.3, 0.4) is 0 Å². The average molecular weight is 362 g/mol. The van der Waals surface area contributed by atoms with E-state index in [1.165, 1.54) is 17.7 Å². The smallest absolute Gasteiger partial charge is 0.191 e. The molecule has 3 aromatic rings. The summed E-state index contributed by atoms with van der Waals surface area (Å²) in [5.41, 5.74) is 0. The fourth-order valence-electron chi connectivity index (χ4n) is 2.64. The van der Waals surface area contributed by atoms with Crippen LogP contribution in [0.15, 0.2) is 22.7 Å². The van der Waals surface area contributed by atoms with Crippen LogP contribution in [0.5, 0.6) is 0 Å². The minimum absolute atomic E-state index is 0.559. The normalized spacial score (nSPS) is 14.4. The number of hydrogen-bond acceptors (Lipinski definition) is 7. The fraction of sp³-hybridized carbons (Fsp3) is 0.533. The monoisotopic (exact) mass is 361 g/mol. The highest BCUT2D eigenvalue weighted by molar-refractivity contribution is 7.98. The van der Waals surface area contributed by atoms with E-state index in [-0.39, 0.29) is 0 Å². The molecule has 126 valence electrons. The van der Waals surface area contributed by atoms with Crippen molar-refractivity contribution in [3.63, 3.8) is 0 Å². The number of thioether (sulfide) groups is 1. The van der Waals surface area contributed by atoms with E-state index in [0.717, 1.165) is 41.9 Å². The first-order chi connectivity index (χ1) is 11.8. The van der Waals surface area contributed by atoms with Gasteiger partial charge < -0.3 is 4.57 Å². The van der Waals surface area contributed by atoms with Gasteiger partial charge >= 0.3 is 0 Å². The zero-order chi connectivity index (χ0) is 16.4.